The van der Waals surface area contributed by atoms with Crippen molar-refractivity contribution in [2.24, 2.45) is 10.9 Å². The highest BCUT2D eigenvalue weighted by molar-refractivity contribution is 14.0. The Labute approximate surface area is 170 Å². The first-order chi connectivity index (χ1) is 11.7. The number of ether oxygens (including phenoxy) is 2. The van der Waals surface area contributed by atoms with Gasteiger partial charge >= 0.3 is 0 Å². The zero-order valence-electron chi connectivity index (χ0n) is 16.2. The van der Waals surface area contributed by atoms with Gasteiger partial charge in [-0.3, -0.25) is 4.99 Å². The predicted molar refractivity (Wildman–Crippen MR) is 117 cm³/mol. The van der Waals surface area contributed by atoms with Crippen molar-refractivity contribution in [3.05, 3.63) is 23.8 Å². The van der Waals surface area contributed by atoms with Gasteiger partial charge in [0.1, 0.15) is 0 Å². The van der Waals surface area contributed by atoms with Crippen molar-refractivity contribution in [2.75, 3.05) is 34.4 Å². The van der Waals surface area contributed by atoms with Gasteiger partial charge in [-0.15, -0.1) is 24.0 Å². The number of rotatable bonds is 10. The van der Waals surface area contributed by atoms with Gasteiger partial charge in [-0.2, -0.15) is 0 Å². The molecule has 25 heavy (non-hydrogen) atoms. The maximum absolute atomic E-state index is 5.34. The van der Waals surface area contributed by atoms with Gasteiger partial charge in [0.2, 0.25) is 0 Å². The molecule has 0 atom stereocenters. The molecule has 0 saturated heterocycles. The van der Waals surface area contributed by atoms with Gasteiger partial charge in [-0.05, 0) is 36.5 Å². The number of benzene rings is 1. The van der Waals surface area contributed by atoms with E-state index in [4.69, 9.17) is 9.47 Å². The highest BCUT2D eigenvalue weighted by Crippen LogP contribution is 2.27. The molecule has 0 amide bonds. The molecule has 0 aromatic heterocycles. The van der Waals surface area contributed by atoms with Crippen LogP contribution in [0.15, 0.2) is 23.2 Å². The van der Waals surface area contributed by atoms with Crippen LogP contribution in [0.5, 0.6) is 11.5 Å². The molecule has 1 aromatic carbocycles. The van der Waals surface area contributed by atoms with Crippen molar-refractivity contribution < 1.29 is 9.47 Å². The number of nitrogens with zero attached hydrogens (tertiary/aromatic N) is 1. The molecule has 0 heterocycles. The van der Waals surface area contributed by atoms with Gasteiger partial charge in [0.15, 0.2) is 17.5 Å². The van der Waals surface area contributed by atoms with Gasteiger partial charge in [0.25, 0.3) is 0 Å². The largest absolute Gasteiger partial charge is 0.493 e. The molecule has 144 valence electrons. The van der Waals surface area contributed by atoms with Gasteiger partial charge in [-0.1, -0.05) is 32.8 Å². The topological polar surface area (TPSA) is 54.9 Å². The summed E-state index contributed by atoms with van der Waals surface area (Å²) in [5, 5.41) is 6.78. The lowest BCUT2D eigenvalue weighted by atomic mass is 10.0. The van der Waals surface area contributed by atoms with Crippen LogP contribution in [0.25, 0.3) is 0 Å². The first-order valence-electron chi connectivity index (χ1n) is 8.83. The third-order valence-electron chi connectivity index (χ3n) is 4.32. The second-order valence-corrected chi connectivity index (χ2v) is 5.86. The molecule has 0 spiro atoms. The minimum absolute atomic E-state index is 0. The van der Waals surface area contributed by atoms with Gasteiger partial charge < -0.3 is 20.1 Å². The number of guanidine groups is 1. The number of nitrogens with one attached hydrogen (secondary N) is 2. The van der Waals surface area contributed by atoms with Crippen LogP contribution in [0.4, 0.5) is 0 Å². The van der Waals surface area contributed by atoms with Gasteiger partial charge in [0, 0.05) is 20.1 Å². The fourth-order valence-electron chi connectivity index (χ4n) is 2.57. The SMILES string of the molecule is CCC(CC)CNC(=NC)NCCCc1ccc(OC)c(OC)c1.I. The van der Waals surface area contributed by atoms with Crippen LogP contribution < -0.4 is 20.1 Å². The molecule has 0 saturated carbocycles. The van der Waals surface area contributed by atoms with E-state index in [9.17, 15) is 0 Å². The van der Waals surface area contributed by atoms with Crippen molar-refractivity contribution >= 4 is 29.9 Å². The van der Waals surface area contributed by atoms with E-state index in [0.29, 0.717) is 5.92 Å². The summed E-state index contributed by atoms with van der Waals surface area (Å²) < 4.78 is 10.6. The monoisotopic (exact) mass is 463 g/mol. The zero-order valence-corrected chi connectivity index (χ0v) is 18.6. The third kappa shape index (κ3) is 8.65. The van der Waals surface area contributed by atoms with E-state index in [1.807, 2.05) is 19.2 Å². The average molecular weight is 463 g/mol. The molecule has 0 bridgehead atoms. The van der Waals surface area contributed by atoms with Crippen molar-refractivity contribution in [1.29, 1.82) is 0 Å². The molecule has 0 aliphatic carbocycles. The Morgan fingerprint density at radius 3 is 2.32 bits per heavy atom. The highest BCUT2D eigenvalue weighted by atomic mass is 127. The van der Waals surface area contributed by atoms with E-state index in [1.165, 1.54) is 18.4 Å². The summed E-state index contributed by atoms with van der Waals surface area (Å²) in [6, 6.07) is 6.08. The number of methoxy groups -OCH3 is 2. The molecule has 0 radical (unpaired) electrons. The van der Waals surface area contributed by atoms with E-state index in [2.05, 4.69) is 35.5 Å². The summed E-state index contributed by atoms with van der Waals surface area (Å²) in [6.45, 7) is 6.32. The maximum Gasteiger partial charge on any atom is 0.190 e. The standard InChI is InChI=1S/C19H33N3O2.HI/c1-6-15(7-2)14-22-19(20-3)21-12-8-9-16-10-11-17(23-4)18(13-16)24-5;/h10-11,13,15H,6-9,12,14H2,1-5H3,(H2,20,21,22);1H. The molecule has 5 nitrogen and oxygen atoms in total. The number of halogens is 1. The normalized spacial score (nSPS) is 11.0. The molecule has 6 heteroatoms. The molecule has 0 aliphatic heterocycles. The Bertz CT molecular complexity index is 505. The predicted octanol–water partition coefficient (Wildman–Crippen LogP) is 3.86. The lowest BCUT2D eigenvalue weighted by Crippen LogP contribution is -2.40. The number of aryl methyl sites for hydroxylation is 1. The van der Waals surface area contributed by atoms with E-state index >= 15 is 0 Å². The average Bonchev–Trinajstić information content (AvgIpc) is 2.63. The Hall–Kier alpha value is -1.18. The van der Waals surface area contributed by atoms with Crippen molar-refractivity contribution in [3.63, 3.8) is 0 Å². The van der Waals surface area contributed by atoms with Crippen LogP contribution in [0.2, 0.25) is 0 Å². The van der Waals surface area contributed by atoms with Gasteiger partial charge in [0.05, 0.1) is 14.2 Å². The second-order valence-electron chi connectivity index (χ2n) is 5.86. The van der Waals surface area contributed by atoms with Crippen molar-refractivity contribution in [3.8, 4) is 11.5 Å². The number of aliphatic imine (C=N–C) groups is 1. The summed E-state index contributed by atoms with van der Waals surface area (Å²) in [5.41, 5.74) is 1.24. The molecule has 1 aromatic rings. The van der Waals surface area contributed by atoms with Crippen LogP contribution in [0.1, 0.15) is 38.7 Å². The molecule has 0 aliphatic rings. The number of hydrogen-bond acceptors (Lipinski definition) is 3. The molecular formula is C19H34IN3O2. The van der Waals surface area contributed by atoms with E-state index in [0.717, 1.165) is 43.4 Å². The van der Waals surface area contributed by atoms with Crippen LogP contribution in [0, 0.1) is 5.92 Å². The number of hydrogen-bond donors (Lipinski definition) is 2. The highest BCUT2D eigenvalue weighted by Gasteiger charge is 2.06. The van der Waals surface area contributed by atoms with E-state index < -0.39 is 0 Å². The lowest BCUT2D eigenvalue weighted by molar-refractivity contribution is 0.354. The summed E-state index contributed by atoms with van der Waals surface area (Å²) >= 11 is 0. The Morgan fingerprint density at radius 2 is 1.76 bits per heavy atom. The van der Waals surface area contributed by atoms with E-state index in [-0.39, 0.29) is 24.0 Å². The summed E-state index contributed by atoms with van der Waals surface area (Å²) in [7, 11) is 5.14. The molecule has 1 rings (SSSR count). The first-order valence-corrected chi connectivity index (χ1v) is 8.83. The van der Waals surface area contributed by atoms with E-state index in [1.54, 1.807) is 14.2 Å². The maximum atomic E-state index is 5.34. The fraction of sp³-hybridized carbons (Fsp3) is 0.632. The molecular weight excluding hydrogens is 429 g/mol. The Kier molecular flexibility index (Phi) is 13.4. The molecule has 0 fully saturated rings. The zero-order chi connectivity index (χ0) is 17.8. The van der Waals surface area contributed by atoms with Crippen LogP contribution in [-0.2, 0) is 6.42 Å². The second kappa shape index (κ2) is 14.0. The van der Waals surface area contributed by atoms with Crippen LogP contribution >= 0.6 is 24.0 Å². The molecule has 2 N–H and O–H groups in total. The van der Waals surface area contributed by atoms with Crippen LogP contribution in [-0.4, -0.2) is 40.3 Å². The van der Waals surface area contributed by atoms with Crippen molar-refractivity contribution in [1.82, 2.24) is 10.6 Å². The van der Waals surface area contributed by atoms with Gasteiger partial charge in [-0.25, -0.2) is 0 Å². The minimum Gasteiger partial charge on any atom is -0.493 e. The Morgan fingerprint density at radius 1 is 1.08 bits per heavy atom. The molecule has 0 unspecified atom stereocenters. The third-order valence-corrected chi connectivity index (χ3v) is 4.32. The quantitative estimate of drug-likeness (QED) is 0.240. The lowest BCUT2D eigenvalue weighted by Gasteiger charge is -2.16. The smallest absolute Gasteiger partial charge is 0.190 e. The summed E-state index contributed by atoms with van der Waals surface area (Å²) in [4.78, 5) is 4.28. The Balaban J connectivity index is 0.00000576. The summed E-state index contributed by atoms with van der Waals surface area (Å²) in [6.07, 6.45) is 4.40. The summed E-state index contributed by atoms with van der Waals surface area (Å²) in [5.74, 6) is 3.14. The fourth-order valence-corrected chi connectivity index (χ4v) is 2.57. The van der Waals surface area contributed by atoms with Crippen molar-refractivity contribution in [2.45, 2.75) is 39.5 Å². The minimum atomic E-state index is 0. The van der Waals surface area contributed by atoms with Crippen LogP contribution in [0.3, 0.4) is 0 Å². The first kappa shape index (κ1) is 23.8.